The monoisotopic (exact) mass is 557 g/mol. The van der Waals surface area contributed by atoms with Gasteiger partial charge in [0.2, 0.25) is 21.9 Å². The molecule has 0 aliphatic carbocycles. The fourth-order valence-corrected chi connectivity index (χ4v) is 4.54. The van der Waals surface area contributed by atoms with Gasteiger partial charge in [-0.3, -0.25) is 9.29 Å². The maximum absolute atomic E-state index is 13.4. The molecular formula is C25H31N7O6S. The van der Waals surface area contributed by atoms with Gasteiger partial charge in [-0.25, -0.2) is 23.4 Å². The molecule has 0 amide bonds. The number of nitrogens with zero attached hydrogens (tertiary/aromatic N) is 6. The van der Waals surface area contributed by atoms with Crippen LogP contribution in [-0.4, -0.2) is 70.7 Å². The number of para-hydroxylation sites is 1. The predicted octanol–water partition coefficient (Wildman–Crippen LogP) is 2.53. The van der Waals surface area contributed by atoms with E-state index >= 15 is 0 Å². The molecule has 0 bridgehead atoms. The summed E-state index contributed by atoms with van der Waals surface area (Å²) >= 11 is 0. The van der Waals surface area contributed by atoms with Gasteiger partial charge in [0.15, 0.2) is 5.82 Å². The van der Waals surface area contributed by atoms with E-state index in [4.69, 9.17) is 14.2 Å². The molecular weight excluding hydrogens is 526 g/mol. The van der Waals surface area contributed by atoms with Crippen LogP contribution >= 0.6 is 0 Å². The maximum atomic E-state index is 13.4. The number of hydrogen-bond donors (Lipinski definition) is 2. The Morgan fingerprint density at radius 2 is 1.82 bits per heavy atom. The number of allylic oxidation sites excluding steroid dienone is 2. The van der Waals surface area contributed by atoms with Crippen molar-refractivity contribution in [2.24, 2.45) is 4.99 Å². The molecule has 3 aromatic rings. The Morgan fingerprint density at radius 3 is 2.38 bits per heavy atom. The molecule has 0 saturated carbocycles. The predicted molar refractivity (Wildman–Crippen MR) is 146 cm³/mol. The molecule has 208 valence electrons. The first-order chi connectivity index (χ1) is 18.7. The quantitative estimate of drug-likeness (QED) is 0.192. The minimum absolute atomic E-state index is 0.0422. The molecule has 2 heterocycles. The number of anilines is 1. The Kier molecular flexibility index (Phi) is 9.73. The van der Waals surface area contributed by atoms with E-state index < -0.39 is 21.4 Å². The number of nitrogens with one attached hydrogen (secondary N) is 1. The number of aliphatic imine (C=N–C) groups is 1. The summed E-state index contributed by atoms with van der Waals surface area (Å²) in [7, 11) is 0.181. The number of methoxy groups -OCH3 is 3. The second-order valence-corrected chi connectivity index (χ2v) is 10.1. The highest BCUT2D eigenvalue weighted by Crippen LogP contribution is 2.36. The van der Waals surface area contributed by atoms with Crippen LogP contribution in [0.5, 0.6) is 11.5 Å². The average Bonchev–Trinajstić information content (AvgIpc) is 3.32. The molecule has 3 rings (SSSR count). The first kappa shape index (κ1) is 29.3. The second-order valence-electron chi connectivity index (χ2n) is 8.10. The molecule has 0 spiro atoms. The molecule has 13 nitrogen and oxygen atoms in total. The van der Waals surface area contributed by atoms with Crippen molar-refractivity contribution < 1.29 is 27.7 Å². The van der Waals surface area contributed by atoms with Crippen LogP contribution in [0.3, 0.4) is 0 Å². The van der Waals surface area contributed by atoms with Crippen LogP contribution in [0.2, 0.25) is 0 Å². The average molecular weight is 558 g/mol. The smallest absolute Gasteiger partial charge is 0.243 e. The van der Waals surface area contributed by atoms with Gasteiger partial charge >= 0.3 is 0 Å². The van der Waals surface area contributed by atoms with Crippen LogP contribution in [-0.2, 0) is 21.3 Å². The van der Waals surface area contributed by atoms with Crippen LogP contribution < -0.4 is 14.2 Å². The van der Waals surface area contributed by atoms with Crippen molar-refractivity contribution in [3.05, 3.63) is 72.6 Å². The van der Waals surface area contributed by atoms with Gasteiger partial charge < -0.3 is 19.3 Å². The van der Waals surface area contributed by atoms with E-state index in [0.717, 1.165) is 0 Å². The zero-order chi connectivity index (χ0) is 28.6. The molecule has 39 heavy (non-hydrogen) atoms. The lowest BCUT2D eigenvalue weighted by Crippen LogP contribution is -2.32. The third kappa shape index (κ3) is 6.78. The SMILES string of the molecule is C=C/C=C\C(=N/Cc1nnc(NS(=O)(=O)[C@H](C)[C@H](O)c2cnc(C)nc2)n1-c1c(OC)cccc1OC)OC. The number of aromatic nitrogens is 5. The highest BCUT2D eigenvalue weighted by Gasteiger charge is 2.32. The Hall–Kier alpha value is -4.30. The molecule has 0 aliphatic heterocycles. The van der Waals surface area contributed by atoms with Crippen LogP contribution in [0.25, 0.3) is 5.69 Å². The van der Waals surface area contributed by atoms with E-state index in [2.05, 4.69) is 36.5 Å². The maximum Gasteiger partial charge on any atom is 0.243 e. The van der Waals surface area contributed by atoms with Crippen molar-refractivity contribution in [2.75, 3.05) is 26.1 Å². The van der Waals surface area contributed by atoms with E-state index in [0.29, 0.717) is 23.0 Å². The number of rotatable bonds is 12. The summed E-state index contributed by atoms with van der Waals surface area (Å²) in [6.45, 7) is 6.63. The fourth-order valence-electron chi connectivity index (χ4n) is 3.47. The summed E-state index contributed by atoms with van der Waals surface area (Å²) in [4.78, 5) is 12.5. The number of sulfonamides is 1. The Bertz CT molecular complexity index is 1430. The van der Waals surface area contributed by atoms with Gasteiger partial charge in [-0.2, -0.15) is 0 Å². The van der Waals surface area contributed by atoms with Gasteiger partial charge in [0.25, 0.3) is 0 Å². The lowest BCUT2D eigenvalue weighted by Gasteiger charge is -2.21. The number of aliphatic hydroxyl groups excluding tert-OH is 1. The standard InChI is InChI=1S/C25H31N7O6S/c1-7-8-12-22(38-6)28-15-21-29-30-25(32(21)23-19(36-4)10-9-11-20(23)37-5)31-39(34,35)16(2)24(33)18-13-26-17(3)27-14-18/h7-14,16,24,33H,1,15H2,2-6H3,(H,30,31)/b12-8-,28-22+/t16-,24+/m1/s1. The van der Waals surface area contributed by atoms with Crippen molar-refractivity contribution >= 4 is 21.9 Å². The third-order valence-electron chi connectivity index (χ3n) is 5.63. The highest BCUT2D eigenvalue weighted by molar-refractivity contribution is 7.93. The summed E-state index contributed by atoms with van der Waals surface area (Å²) in [5.41, 5.74) is 0.595. The second kappa shape index (κ2) is 13.0. The van der Waals surface area contributed by atoms with Crippen LogP contribution in [0.4, 0.5) is 5.95 Å². The molecule has 14 heteroatoms. The summed E-state index contributed by atoms with van der Waals surface area (Å²) < 4.78 is 47.0. The molecule has 2 N–H and O–H groups in total. The fraction of sp³-hybridized carbons (Fsp3) is 0.320. The molecule has 2 aromatic heterocycles. The van der Waals surface area contributed by atoms with Crippen molar-refractivity contribution in [1.29, 1.82) is 0 Å². The number of aryl methyl sites for hydroxylation is 1. The van der Waals surface area contributed by atoms with Crippen molar-refractivity contribution in [3.63, 3.8) is 0 Å². The highest BCUT2D eigenvalue weighted by atomic mass is 32.2. The van der Waals surface area contributed by atoms with Gasteiger partial charge in [-0.15, -0.1) is 10.2 Å². The molecule has 0 fully saturated rings. The van der Waals surface area contributed by atoms with Gasteiger partial charge in [0.1, 0.15) is 40.9 Å². The number of aliphatic hydroxyl groups is 1. The van der Waals surface area contributed by atoms with E-state index in [-0.39, 0.29) is 29.8 Å². The Balaban J connectivity index is 2.09. The van der Waals surface area contributed by atoms with E-state index in [1.54, 1.807) is 43.4 Å². The zero-order valence-corrected chi connectivity index (χ0v) is 23.1. The van der Waals surface area contributed by atoms with Crippen molar-refractivity contribution in [2.45, 2.75) is 31.7 Å². The molecule has 2 atom stereocenters. The lowest BCUT2D eigenvalue weighted by atomic mass is 10.1. The topological polar surface area (TPSA) is 163 Å². The molecule has 0 saturated heterocycles. The van der Waals surface area contributed by atoms with E-state index in [1.165, 1.54) is 45.2 Å². The van der Waals surface area contributed by atoms with Crippen molar-refractivity contribution in [1.82, 2.24) is 24.7 Å². The first-order valence-electron chi connectivity index (χ1n) is 11.7. The number of benzene rings is 1. The lowest BCUT2D eigenvalue weighted by molar-refractivity contribution is 0.175. The van der Waals surface area contributed by atoms with Gasteiger partial charge in [-0.1, -0.05) is 24.8 Å². The summed E-state index contributed by atoms with van der Waals surface area (Å²) in [6, 6.07) is 5.08. The normalized spacial score (nSPS) is 13.6. The summed E-state index contributed by atoms with van der Waals surface area (Å²) in [5.74, 6) is 1.59. The zero-order valence-electron chi connectivity index (χ0n) is 22.3. The number of hydrogen-bond acceptors (Lipinski definition) is 11. The largest absolute Gasteiger partial charge is 0.494 e. The molecule has 1 aromatic carbocycles. The molecule has 0 aliphatic rings. The number of ether oxygens (including phenoxy) is 3. The van der Waals surface area contributed by atoms with E-state index in [9.17, 15) is 13.5 Å². The van der Waals surface area contributed by atoms with Gasteiger partial charge in [0.05, 0.1) is 21.3 Å². The van der Waals surface area contributed by atoms with E-state index in [1.807, 2.05) is 0 Å². The molecule has 0 unspecified atom stereocenters. The first-order valence-corrected chi connectivity index (χ1v) is 13.2. The Morgan fingerprint density at radius 1 is 1.18 bits per heavy atom. The van der Waals surface area contributed by atoms with Crippen molar-refractivity contribution in [3.8, 4) is 17.2 Å². The van der Waals surface area contributed by atoms with Gasteiger partial charge in [-0.05, 0) is 32.1 Å². The minimum Gasteiger partial charge on any atom is -0.494 e. The minimum atomic E-state index is -4.22. The van der Waals surface area contributed by atoms with Crippen LogP contribution in [0, 0.1) is 6.92 Å². The van der Waals surface area contributed by atoms with Crippen LogP contribution in [0.15, 0.2) is 60.4 Å². The Labute approximate surface area is 227 Å². The van der Waals surface area contributed by atoms with Gasteiger partial charge in [0, 0.05) is 18.0 Å². The molecule has 0 radical (unpaired) electrons. The summed E-state index contributed by atoms with van der Waals surface area (Å²) in [5, 5.41) is 17.7. The third-order valence-corrected chi connectivity index (χ3v) is 7.33. The van der Waals surface area contributed by atoms with Crippen LogP contribution in [0.1, 0.15) is 30.2 Å². The summed E-state index contributed by atoms with van der Waals surface area (Å²) in [6.07, 6.45) is 6.18.